The zero-order chi connectivity index (χ0) is 18.5. The molecule has 0 spiro atoms. The lowest BCUT2D eigenvalue weighted by Crippen LogP contribution is -2.41. The first-order valence-electron chi connectivity index (χ1n) is 8.24. The molecule has 2 unspecified atom stereocenters. The number of carboxylic acids is 1. The topological polar surface area (TPSA) is 121 Å². The Morgan fingerprint density at radius 2 is 1.65 bits per heavy atom. The molecule has 0 bridgehead atoms. The van der Waals surface area contributed by atoms with Gasteiger partial charge in [-0.05, 0) is 49.2 Å². The molecule has 3 amide bonds. The minimum absolute atomic E-state index is 0.277. The highest BCUT2D eigenvalue weighted by molar-refractivity contribution is 5.96. The van der Waals surface area contributed by atoms with E-state index in [-0.39, 0.29) is 18.5 Å². The van der Waals surface area contributed by atoms with Crippen LogP contribution in [0.15, 0.2) is 47.1 Å². The maximum Gasteiger partial charge on any atom is 0.319 e. The summed E-state index contributed by atoms with van der Waals surface area (Å²) in [5, 5.41) is 17.0. The van der Waals surface area contributed by atoms with E-state index in [2.05, 4.69) is 16.0 Å². The minimum atomic E-state index is -0.934. The van der Waals surface area contributed by atoms with Crippen LogP contribution in [-0.2, 0) is 16.1 Å². The Hall–Kier alpha value is -3.29. The monoisotopic (exact) mass is 357 g/mol. The molecule has 0 saturated heterocycles. The van der Waals surface area contributed by atoms with Crippen LogP contribution in [0.3, 0.4) is 0 Å². The van der Waals surface area contributed by atoms with Crippen LogP contribution in [0.5, 0.6) is 0 Å². The second-order valence-electron chi connectivity index (χ2n) is 6.08. The van der Waals surface area contributed by atoms with Gasteiger partial charge in [0.25, 0.3) is 0 Å². The fourth-order valence-electron chi connectivity index (χ4n) is 2.74. The van der Waals surface area contributed by atoms with Crippen molar-refractivity contribution in [2.24, 2.45) is 11.8 Å². The van der Waals surface area contributed by atoms with E-state index < -0.39 is 17.8 Å². The maximum atomic E-state index is 12.1. The molecule has 136 valence electrons. The van der Waals surface area contributed by atoms with Crippen LogP contribution in [0.4, 0.5) is 16.2 Å². The number of rotatable bonds is 6. The third kappa shape index (κ3) is 4.21. The van der Waals surface area contributed by atoms with Crippen LogP contribution in [-0.4, -0.2) is 23.0 Å². The number of amides is 3. The Labute approximate surface area is 149 Å². The van der Waals surface area contributed by atoms with Crippen molar-refractivity contribution < 1.29 is 23.9 Å². The third-order valence-electron chi connectivity index (χ3n) is 4.34. The summed E-state index contributed by atoms with van der Waals surface area (Å²) in [6.45, 7) is 0.277. The molecule has 0 aliphatic heterocycles. The largest absolute Gasteiger partial charge is 0.481 e. The molecule has 2 atom stereocenters. The van der Waals surface area contributed by atoms with E-state index in [9.17, 15) is 14.4 Å². The molecular weight excluding hydrogens is 338 g/mol. The number of hydrogen-bond acceptors (Lipinski definition) is 4. The van der Waals surface area contributed by atoms with Crippen molar-refractivity contribution in [3.63, 3.8) is 0 Å². The molecule has 8 heteroatoms. The summed E-state index contributed by atoms with van der Waals surface area (Å²) in [4.78, 5) is 34.9. The average Bonchev–Trinajstić information content (AvgIpc) is 3.06. The van der Waals surface area contributed by atoms with Crippen molar-refractivity contribution in [1.82, 2.24) is 5.32 Å². The second kappa shape index (κ2) is 7.73. The zero-order valence-electron chi connectivity index (χ0n) is 13.9. The van der Waals surface area contributed by atoms with Crippen molar-refractivity contribution >= 4 is 29.3 Å². The number of carboxylic acid groups (broad SMARTS) is 1. The second-order valence-corrected chi connectivity index (χ2v) is 6.08. The number of anilines is 2. The van der Waals surface area contributed by atoms with Gasteiger partial charge in [-0.25, -0.2) is 4.79 Å². The van der Waals surface area contributed by atoms with E-state index in [0.717, 1.165) is 0 Å². The number of nitrogens with one attached hydrogen (secondary N) is 3. The van der Waals surface area contributed by atoms with Crippen LogP contribution in [0.2, 0.25) is 0 Å². The quantitative estimate of drug-likeness (QED) is 0.633. The Bertz CT molecular complexity index is 786. The summed E-state index contributed by atoms with van der Waals surface area (Å²) in [5.74, 6) is -1.67. The van der Waals surface area contributed by atoms with E-state index in [0.29, 0.717) is 30.0 Å². The van der Waals surface area contributed by atoms with E-state index in [1.54, 1.807) is 36.4 Å². The number of urea groups is 1. The molecule has 4 N–H and O–H groups in total. The smallest absolute Gasteiger partial charge is 0.319 e. The van der Waals surface area contributed by atoms with Gasteiger partial charge in [-0.3, -0.25) is 9.59 Å². The van der Waals surface area contributed by atoms with Crippen LogP contribution in [0, 0.1) is 11.8 Å². The Morgan fingerprint density at radius 3 is 2.19 bits per heavy atom. The molecule has 1 aliphatic carbocycles. The summed E-state index contributed by atoms with van der Waals surface area (Å²) >= 11 is 0. The first-order chi connectivity index (χ1) is 12.5. The molecule has 1 aliphatic rings. The third-order valence-corrected chi connectivity index (χ3v) is 4.34. The molecule has 1 aromatic carbocycles. The van der Waals surface area contributed by atoms with Crippen LogP contribution < -0.4 is 16.0 Å². The highest BCUT2D eigenvalue weighted by Gasteiger charge is 2.41. The molecule has 1 aromatic heterocycles. The van der Waals surface area contributed by atoms with Crippen molar-refractivity contribution in [1.29, 1.82) is 0 Å². The maximum absolute atomic E-state index is 12.1. The first kappa shape index (κ1) is 17.5. The lowest BCUT2D eigenvalue weighted by molar-refractivity contribution is -0.151. The van der Waals surface area contributed by atoms with Crippen molar-refractivity contribution in [3.8, 4) is 0 Å². The van der Waals surface area contributed by atoms with Crippen LogP contribution in [0.25, 0.3) is 0 Å². The minimum Gasteiger partial charge on any atom is -0.481 e. The van der Waals surface area contributed by atoms with E-state index in [1.165, 1.54) is 6.26 Å². The summed E-state index contributed by atoms with van der Waals surface area (Å²) in [7, 11) is 0. The predicted octanol–water partition coefficient (Wildman–Crippen LogP) is 2.65. The van der Waals surface area contributed by atoms with Crippen LogP contribution >= 0.6 is 0 Å². The lowest BCUT2D eigenvalue weighted by Gasteiger charge is -2.31. The summed E-state index contributed by atoms with van der Waals surface area (Å²) in [5.41, 5.74) is 1.11. The number of benzene rings is 1. The van der Waals surface area contributed by atoms with Gasteiger partial charge < -0.3 is 25.5 Å². The lowest BCUT2D eigenvalue weighted by atomic mass is 9.73. The number of carbonyl (C=O) groups excluding carboxylic acids is 2. The van der Waals surface area contributed by atoms with Gasteiger partial charge in [0, 0.05) is 11.4 Å². The van der Waals surface area contributed by atoms with Crippen molar-refractivity contribution in [3.05, 3.63) is 48.4 Å². The fraction of sp³-hybridized carbons (Fsp3) is 0.278. The predicted molar refractivity (Wildman–Crippen MR) is 93.5 cm³/mol. The number of carbonyl (C=O) groups is 3. The fourth-order valence-corrected chi connectivity index (χ4v) is 2.74. The van der Waals surface area contributed by atoms with Gasteiger partial charge in [-0.1, -0.05) is 0 Å². The normalized spacial score (nSPS) is 18.5. The molecule has 1 saturated carbocycles. The molecule has 26 heavy (non-hydrogen) atoms. The standard InChI is InChI=1S/C18H19N3O5/c22-16(14-7-8-15(14)17(23)24)20-11-3-5-12(6-4-11)21-18(25)19-10-13-2-1-9-26-13/h1-6,9,14-15H,7-8,10H2,(H,20,22)(H,23,24)(H2,19,21,25). The van der Waals surface area contributed by atoms with Gasteiger partial charge in [-0.15, -0.1) is 0 Å². The van der Waals surface area contributed by atoms with Gasteiger partial charge >= 0.3 is 12.0 Å². The van der Waals surface area contributed by atoms with Crippen molar-refractivity contribution in [2.45, 2.75) is 19.4 Å². The molecule has 1 fully saturated rings. The van der Waals surface area contributed by atoms with E-state index >= 15 is 0 Å². The van der Waals surface area contributed by atoms with Gasteiger partial charge in [-0.2, -0.15) is 0 Å². The molecule has 3 rings (SSSR count). The zero-order valence-corrected chi connectivity index (χ0v) is 13.9. The van der Waals surface area contributed by atoms with E-state index in [4.69, 9.17) is 9.52 Å². The average molecular weight is 357 g/mol. The Balaban J connectivity index is 1.48. The molecule has 1 heterocycles. The number of furan rings is 1. The summed E-state index contributed by atoms with van der Waals surface area (Å²) in [6.07, 6.45) is 2.64. The highest BCUT2D eigenvalue weighted by Crippen LogP contribution is 2.35. The van der Waals surface area contributed by atoms with Gasteiger partial charge in [0.15, 0.2) is 0 Å². The summed E-state index contributed by atoms with van der Waals surface area (Å²) < 4.78 is 5.12. The molecule has 0 radical (unpaired) electrons. The summed E-state index contributed by atoms with van der Waals surface area (Å²) in [6, 6.07) is 9.72. The number of aliphatic carboxylic acids is 1. The Morgan fingerprint density at radius 1 is 1.00 bits per heavy atom. The molecule has 8 nitrogen and oxygen atoms in total. The number of hydrogen-bond donors (Lipinski definition) is 4. The highest BCUT2D eigenvalue weighted by atomic mass is 16.4. The van der Waals surface area contributed by atoms with E-state index in [1.807, 2.05) is 0 Å². The van der Waals surface area contributed by atoms with Gasteiger partial charge in [0.2, 0.25) is 5.91 Å². The SMILES string of the molecule is O=C(NCc1ccco1)Nc1ccc(NC(=O)C2CCC2C(=O)O)cc1. The van der Waals surface area contributed by atoms with Gasteiger partial charge in [0.1, 0.15) is 5.76 Å². The molecule has 2 aromatic rings. The molecular formula is C18H19N3O5. The van der Waals surface area contributed by atoms with Crippen LogP contribution in [0.1, 0.15) is 18.6 Å². The van der Waals surface area contributed by atoms with Crippen molar-refractivity contribution in [2.75, 3.05) is 10.6 Å². The first-order valence-corrected chi connectivity index (χ1v) is 8.24. The Kier molecular flexibility index (Phi) is 5.21. The van der Waals surface area contributed by atoms with Gasteiger partial charge in [0.05, 0.1) is 24.6 Å².